The van der Waals surface area contributed by atoms with Crippen LogP contribution in [0.2, 0.25) is 0 Å². The molecular weight excluding hydrogens is 416 g/mol. The maximum absolute atomic E-state index is 12.6. The van der Waals surface area contributed by atoms with Crippen LogP contribution in [0.1, 0.15) is 85.0 Å². The third-order valence-electron chi connectivity index (χ3n) is 4.66. The first-order valence-corrected chi connectivity index (χ1v) is 12.3. The van der Waals surface area contributed by atoms with Crippen LogP contribution < -0.4 is 0 Å². The standard InChI is InChI=1S/C20H38O9S/c1-4-7-8-9-10-11-12-13-14-15-16-28-19(23)20(29-6-3,30(24,25)26)17(18(21)22)27-5-2/h17H,4-16H2,1-3H3,(H,21,22)(H,24,25,26). The first kappa shape index (κ1) is 28.8. The lowest BCUT2D eigenvalue weighted by Crippen LogP contribution is -2.62. The minimum Gasteiger partial charge on any atom is -0.479 e. The van der Waals surface area contributed by atoms with Crippen LogP contribution in [0, 0.1) is 0 Å². The lowest BCUT2D eigenvalue weighted by molar-refractivity contribution is -0.187. The highest BCUT2D eigenvalue weighted by molar-refractivity contribution is 7.88. The van der Waals surface area contributed by atoms with Crippen LogP contribution in [0.4, 0.5) is 0 Å². The molecule has 0 fully saturated rings. The van der Waals surface area contributed by atoms with E-state index in [1.54, 1.807) is 0 Å². The van der Waals surface area contributed by atoms with E-state index in [0.717, 1.165) is 25.7 Å². The van der Waals surface area contributed by atoms with Gasteiger partial charge in [0.05, 0.1) is 6.61 Å². The molecule has 0 aliphatic carbocycles. The van der Waals surface area contributed by atoms with Gasteiger partial charge in [0.2, 0.25) is 6.10 Å². The summed E-state index contributed by atoms with van der Waals surface area (Å²) in [5.74, 6) is -3.26. The molecular formula is C20H38O9S. The topological polar surface area (TPSA) is 136 Å². The van der Waals surface area contributed by atoms with Crippen LogP contribution in [-0.4, -0.2) is 60.9 Å². The second kappa shape index (κ2) is 15.6. The number of hydrogen-bond acceptors (Lipinski definition) is 7. The van der Waals surface area contributed by atoms with Crippen molar-refractivity contribution in [1.82, 2.24) is 0 Å². The van der Waals surface area contributed by atoms with Gasteiger partial charge in [-0.2, -0.15) is 8.42 Å². The van der Waals surface area contributed by atoms with Gasteiger partial charge in [-0.15, -0.1) is 0 Å². The highest BCUT2D eigenvalue weighted by Crippen LogP contribution is 2.28. The number of esters is 1. The van der Waals surface area contributed by atoms with Crippen molar-refractivity contribution in [3.63, 3.8) is 0 Å². The Bertz CT molecular complexity index is 591. The van der Waals surface area contributed by atoms with Crippen molar-refractivity contribution in [2.75, 3.05) is 19.8 Å². The average Bonchev–Trinajstić information content (AvgIpc) is 2.67. The molecule has 0 saturated carbocycles. The number of carbonyl (C=O) groups is 2. The third kappa shape index (κ3) is 9.28. The molecule has 0 aliphatic rings. The number of aliphatic carboxylic acids is 1. The number of carboxylic acids is 1. The zero-order valence-electron chi connectivity index (χ0n) is 18.4. The van der Waals surface area contributed by atoms with Crippen molar-refractivity contribution in [3.8, 4) is 0 Å². The van der Waals surface area contributed by atoms with Gasteiger partial charge in [0.25, 0.3) is 0 Å². The van der Waals surface area contributed by atoms with Crippen molar-refractivity contribution >= 4 is 22.1 Å². The molecule has 0 aromatic heterocycles. The molecule has 0 aromatic carbocycles. The smallest absolute Gasteiger partial charge is 0.360 e. The van der Waals surface area contributed by atoms with Gasteiger partial charge in [-0.05, 0) is 20.3 Å². The minimum atomic E-state index is -5.32. The highest BCUT2D eigenvalue weighted by atomic mass is 32.2. The molecule has 0 amide bonds. The fraction of sp³-hybridized carbons (Fsp3) is 0.900. The maximum Gasteiger partial charge on any atom is 0.360 e. The number of rotatable bonds is 19. The van der Waals surface area contributed by atoms with Gasteiger partial charge < -0.3 is 19.3 Å². The van der Waals surface area contributed by atoms with Crippen molar-refractivity contribution < 1.29 is 41.9 Å². The van der Waals surface area contributed by atoms with Gasteiger partial charge in [0.15, 0.2) is 0 Å². The van der Waals surface area contributed by atoms with E-state index >= 15 is 0 Å². The lowest BCUT2D eigenvalue weighted by atomic mass is 10.1. The Balaban J connectivity index is 4.73. The molecule has 0 rings (SSSR count). The van der Waals surface area contributed by atoms with E-state index in [-0.39, 0.29) is 19.8 Å². The Labute approximate surface area is 180 Å². The van der Waals surface area contributed by atoms with Gasteiger partial charge in [-0.3, -0.25) is 4.55 Å². The third-order valence-corrected chi connectivity index (χ3v) is 5.93. The van der Waals surface area contributed by atoms with Crippen molar-refractivity contribution in [2.24, 2.45) is 0 Å². The van der Waals surface area contributed by atoms with Crippen LogP contribution in [0.25, 0.3) is 0 Å². The summed E-state index contributed by atoms with van der Waals surface area (Å²) >= 11 is 0. The predicted octanol–water partition coefficient (Wildman–Crippen LogP) is 3.56. The molecule has 0 bridgehead atoms. The van der Waals surface area contributed by atoms with Crippen molar-refractivity contribution in [1.29, 1.82) is 0 Å². The fourth-order valence-corrected chi connectivity index (χ4v) is 4.11. The second-order valence-electron chi connectivity index (χ2n) is 7.07. The number of ether oxygens (including phenoxy) is 3. The SMILES string of the molecule is CCCCCCCCCCCCOC(=O)C(OCC)(C(OCC)C(=O)O)S(=O)(=O)O. The Morgan fingerprint density at radius 2 is 1.37 bits per heavy atom. The van der Waals surface area contributed by atoms with Crippen LogP contribution in [-0.2, 0) is 33.9 Å². The molecule has 2 atom stereocenters. The van der Waals surface area contributed by atoms with Crippen LogP contribution in [0.15, 0.2) is 0 Å². The zero-order valence-corrected chi connectivity index (χ0v) is 19.2. The van der Waals surface area contributed by atoms with E-state index < -0.39 is 33.1 Å². The predicted molar refractivity (Wildman–Crippen MR) is 112 cm³/mol. The van der Waals surface area contributed by atoms with Crippen LogP contribution in [0.3, 0.4) is 0 Å². The van der Waals surface area contributed by atoms with E-state index in [0.29, 0.717) is 6.42 Å². The first-order chi connectivity index (χ1) is 14.2. The van der Waals surface area contributed by atoms with Crippen LogP contribution >= 0.6 is 0 Å². The minimum absolute atomic E-state index is 0.113. The van der Waals surface area contributed by atoms with Crippen molar-refractivity contribution in [2.45, 2.75) is 96.0 Å². The number of hydrogen-bond donors (Lipinski definition) is 2. The highest BCUT2D eigenvalue weighted by Gasteiger charge is 2.63. The van der Waals surface area contributed by atoms with E-state index in [4.69, 9.17) is 14.2 Å². The molecule has 9 nitrogen and oxygen atoms in total. The molecule has 0 heterocycles. The van der Waals surface area contributed by atoms with Gasteiger partial charge in [-0.1, -0.05) is 64.7 Å². The number of unbranched alkanes of at least 4 members (excludes halogenated alkanes) is 9. The molecule has 178 valence electrons. The zero-order chi connectivity index (χ0) is 23.0. The summed E-state index contributed by atoms with van der Waals surface area (Å²) in [4.78, 5) is 20.9. The second-order valence-corrected chi connectivity index (χ2v) is 8.62. The molecule has 30 heavy (non-hydrogen) atoms. The van der Waals surface area contributed by atoms with Crippen LogP contribution in [0.5, 0.6) is 0 Å². The van der Waals surface area contributed by atoms with Crippen molar-refractivity contribution in [3.05, 3.63) is 0 Å². The fourth-order valence-electron chi connectivity index (χ4n) is 3.14. The largest absolute Gasteiger partial charge is 0.479 e. The Kier molecular flexibility index (Phi) is 14.9. The molecule has 0 radical (unpaired) electrons. The first-order valence-electron chi connectivity index (χ1n) is 10.8. The van der Waals surface area contributed by atoms with E-state index in [9.17, 15) is 27.7 Å². The number of carbonyl (C=O) groups excluding carboxylic acids is 1. The summed E-state index contributed by atoms with van der Waals surface area (Å²) < 4.78 is 48.5. The number of carboxylic acid groups (broad SMARTS) is 1. The molecule has 2 N–H and O–H groups in total. The summed E-state index contributed by atoms with van der Waals surface area (Å²) in [6, 6.07) is 0. The summed E-state index contributed by atoms with van der Waals surface area (Å²) in [6.07, 6.45) is 8.37. The average molecular weight is 455 g/mol. The quantitative estimate of drug-likeness (QED) is 0.170. The molecule has 2 unspecified atom stereocenters. The lowest BCUT2D eigenvalue weighted by Gasteiger charge is -2.32. The molecule has 0 saturated heterocycles. The Morgan fingerprint density at radius 3 is 1.77 bits per heavy atom. The van der Waals surface area contributed by atoms with E-state index in [1.165, 1.54) is 46.0 Å². The van der Waals surface area contributed by atoms with Gasteiger partial charge in [0, 0.05) is 13.2 Å². The molecule has 0 spiro atoms. The molecule has 0 aromatic rings. The van der Waals surface area contributed by atoms with Gasteiger partial charge >= 0.3 is 27.0 Å². The Morgan fingerprint density at radius 1 is 0.867 bits per heavy atom. The normalized spacial score (nSPS) is 14.8. The maximum atomic E-state index is 12.6. The van der Waals surface area contributed by atoms with Gasteiger partial charge in [-0.25, -0.2) is 9.59 Å². The monoisotopic (exact) mass is 454 g/mol. The van der Waals surface area contributed by atoms with E-state index in [2.05, 4.69) is 6.92 Å². The van der Waals surface area contributed by atoms with Gasteiger partial charge in [0.1, 0.15) is 0 Å². The summed E-state index contributed by atoms with van der Waals surface area (Å²) in [7, 11) is -5.32. The van der Waals surface area contributed by atoms with E-state index in [1.807, 2.05) is 0 Å². The molecule has 0 aliphatic heterocycles. The molecule has 10 heteroatoms. The summed E-state index contributed by atoms with van der Waals surface area (Å²) in [5.41, 5.74) is 0. The Hall–Kier alpha value is -1.23. The summed E-state index contributed by atoms with van der Waals surface area (Å²) in [5, 5.41) is 9.35. The summed E-state index contributed by atoms with van der Waals surface area (Å²) in [6.45, 7) is 4.28.